The van der Waals surface area contributed by atoms with Gasteiger partial charge in [0.25, 0.3) is 0 Å². The molecule has 210 valence electrons. The van der Waals surface area contributed by atoms with Crippen LogP contribution < -0.4 is 9.88 Å². The maximum absolute atomic E-state index is 13.1. The predicted octanol–water partition coefficient (Wildman–Crippen LogP) is 3.65. The Kier molecular flexibility index (Phi) is 7.67. The maximum Gasteiger partial charge on any atom is 0.322 e. The van der Waals surface area contributed by atoms with Crippen molar-refractivity contribution in [2.24, 2.45) is 7.05 Å². The van der Waals surface area contributed by atoms with Crippen LogP contribution in [0.2, 0.25) is 0 Å². The molecule has 41 heavy (non-hydrogen) atoms. The van der Waals surface area contributed by atoms with Gasteiger partial charge >= 0.3 is 5.97 Å². The lowest BCUT2D eigenvalue weighted by molar-refractivity contribution is -0.671. The molecule has 2 saturated heterocycles. The number of hydrogen-bond donors (Lipinski definition) is 2. The number of rotatable bonds is 9. The maximum atomic E-state index is 13.1. The van der Waals surface area contributed by atoms with Crippen molar-refractivity contribution >= 4 is 52.6 Å². The Morgan fingerprint density at radius 2 is 1.90 bits per heavy atom. The Hall–Kier alpha value is -3.54. The highest BCUT2D eigenvalue weighted by molar-refractivity contribution is 8.05. The van der Waals surface area contributed by atoms with Gasteiger partial charge in [-0.05, 0) is 23.8 Å². The van der Waals surface area contributed by atoms with Gasteiger partial charge < -0.3 is 15.3 Å². The first kappa shape index (κ1) is 27.6. The lowest BCUT2D eigenvalue weighted by Crippen LogP contribution is -2.74. The molecule has 2 fully saturated rings. The van der Waals surface area contributed by atoms with E-state index in [9.17, 15) is 19.5 Å². The molecule has 2 aliphatic heterocycles. The van der Waals surface area contributed by atoms with Crippen LogP contribution in [0.25, 0.3) is 10.4 Å². The van der Waals surface area contributed by atoms with Gasteiger partial charge in [-0.3, -0.25) is 14.4 Å². The molecule has 2 aromatic carbocycles. The first-order valence-corrected chi connectivity index (χ1v) is 15.9. The largest absolute Gasteiger partial charge is 0.480 e. The summed E-state index contributed by atoms with van der Waals surface area (Å²) >= 11 is 4.43. The first-order valence-electron chi connectivity index (χ1n) is 13.2. The van der Waals surface area contributed by atoms with E-state index in [1.807, 2.05) is 84.9 Å². The molecule has 4 heterocycles. The number of fused-ring (bicyclic) bond motifs is 1. The number of amides is 2. The standard InChI is InChI=1S/C30H28N4O4S3/c1-32-13-14-33(19-32)16-21-11-12-23(40-21)22-9-5-6-10-24(22)41-30(29(37)38)17-34-27(36)26(28(34)39-18-30)31-25(35)15-20-7-3-2-4-8-20/h2-14,19,26,28H,15-18H2,1H3,(H-,31,35,37,38)/p+1/t26-,28-,30?/m1/s1. The van der Waals surface area contributed by atoms with Crippen LogP contribution in [-0.4, -0.2) is 60.8 Å². The number of thiophene rings is 1. The smallest absolute Gasteiger partial charge is 0.322 e. The summed E-state index contributed by atoms with van der Waals surface area (Å²) in [7, 11) is 1.99. The van der Waals surface area contributed by atoms with Crippen molar-refractivity contribution in [3.8, 4) is 10.4 Å². The average molecular weight is 606 g/mol. The SMILES string of the molecule is C[n+]1ccn(Cc2ccc(-c3ccccc3SC3(C(=O)O)CS[C@@H]4[C@H](NC(=O)Cc5ccccc5)C(=O)N4C3)s2)c1. The van der Waals surface area contributed by atoms with Crippen molar-refractivity contribution in [2.45, 2.75) is 34.0 Å². The van der Waals surface area contributed by atoms with Gasteiger partial charge in [-0.1, -0.05) is 48.5 Å². The molecule has 0 bridgehead atoms. The van der Waals surface area contributed by atoms with Crippen molar-refractivity contribution in [3.05, 3.63) is 95.9 Å². The zero-order valence-electron chi connectivity index (χ0n) is 22.3. The molecule has 11 heteroatoms. The Morgan fingerprint density at radius 3 is 2.66 bits per heavy atom. The van der Waals surface area contributed by atoms with E-state index >= 15 is 0 Å². The predicted molar refractivity (Wildman–Crippen MR) is 161 cm³/mol. The lowest BCUT2D eigenvalue weighted by Gasteiger charge is -2.53. The number of benzene rings is 2. The van der Waals surface area contributed by atoms with E-state index in [-0.39, 0.29) is 30.2 Å². The molecule has 2 amide bonds. The van der Waals surface area contributed by atoms with E-state index in [1.165, 1.54) is 28.4 Å². The molecular formula is C30H29N4O4S3+. The van der Waals surface area contributed by atoms with Crippen LogP contribution in [0.3, 0.4) is 0 Å². The zero-order valence-corrected chi connectivity index (χ0v) is 24.8. The number of imidazole rings is 1. The molecule has 6 rings (SSSR count). The number of aromatic nitrogens is 2. The third-order valence-electron chi connectivity index (χ3n) is 7.25. The first-order chi connectivity index (χ1) is 19.8. The van der Waals surface area contributed by atoms with E-state index in [2.05, 4.69) is 22.0 Å². The number of carboxylic acid groups (broad SMARTS) is 1. The molecule has 2 aromatic heterocycles. The Morgan fingerprint density at radius 1 is 1.12 bits per heavy atom. The summed E-state index contributed by atoms with van der Waals surface area (Å²) in [6.07, 6.45) is 6.26. The highest BCUT2D eigenvalue weighted by Gasteiger charge is 2.58. The number of aliphatic carboxylic acids is 1. The number of nitrogens with one attached hydrogen (secondary N) is 1. The number of β-lactam (4-membered cyclic amide) rings is 1. The van der Waals surface area contributed by atoms with Gasteiger partial charge in [0.1, 0.15) is 35.1 Å². The second-order valence-electron chi connectivity index (χ2n) is 10.3. The van der Waals surface area contributed by atoms with Crippen LogP contribution in [0.5, 0.6) is 0 Å². The Labute approximate surface area is 250 Å². The third-order valence-corrected chi connectivity index (χ3v) is 11.5. The number of carboxylic acids is 1. The molecule has 2 N–H and O–H groups in total. The van der Waals surface area contributed by atoms with E-state index in [0.29, 0.717) is 5.75 Å². The van der Waals surface area contributed by atoms with Gasteiger partial charge in [-0.25, -0.2) is 9.13 Å². The van der Waals surface area contributed by atoms with E-state index < -0.39 is 16.8 Å². The van der Waals surface area contributed by atoms with Crippen LogP contribution in [0.1, 0.15) is 10.4 Å². The summed E-state index contributed by atoms with van der Waals surface area (Å²) in [6.45, 7) is 0.848. The van der Waals surface area contributed by atoms with Gasteiger partial charge in [-0.2, -0.15) is 0 Å². The highest BCUT2D eigenvalue weighted by atomic mass is 32.2. The van der Waals surface area contributed by atoms with Crippen LogP contribution in [-0.2, 0) is 34.4 Å². The number of hydrogen-bond acceptors (Lipinski definition) is 6. The second kappa shape index (κ2) is 11.4. The molecule has 0 aliphatic carbocycles. The van der Waals surface area contributed by atoms with Gasteiger partial charge in [0.05, 0.1) is 13.5 Å². The molecule has 2 aliphatic rings. The topological polar surface area (TPSA) is 95.5 Å². The Balaban J connectivity index is 1.15. The summed E-state index contributed by atoms with van der Waals surface area (Å²) in [5, 5.41) is 13.0. The van der Waals surface area contributed by atoms with Gasteiger partial charge in [0.2, 0.25) is 18.1 Å². The zero-order chi connectivity index (χ0) is 28.6. The normalized spacial score (nSPS) is 21.7. The molecule has 3 atom stereocenters. The van der Waals surface area contributed by atoms with Crippen molar-refractivity contribution in [1.29, 1.82) is 0 Å². The van der Waals surface area contributed by atoms with Crippen molar-refractivity contribution < 1.29 is 24.1 Å². The molecule has 0 spiro atoms. The van der Waals surface area contributed by atoms with Gasteiger partial charge in [-0.15, -0.1) is 34.9 Å². The van der Waals surface area contributed by atoms with Crippen LogP contribution in [0.4, 0.5) is 0 Å². The highest BCUT2D eigenvalue weighted by Crippen LogP contribution is 2.48. The average Bonchev–Trinajstić information content (AvgIpc) is 3.61. The molecule has 1 unspecified atom stereocenters. The number of carbonyl (C=O) groups is 3. The van der Waals surface area contributed by atoms with Crippen LogP contribution in [0, 0.1) is 0 Å². The number of thioether (sulfide) groups is 2. The van der Waals surface area contributed by atoms with Crippen LogP contribution in [0.15, 0.2) is 90.3 Å². The van der Waals surface area contributed by atoms with E-state index in [1.54, 1.807) is 16.2 Å². The second-order valence-corrected chi connectivity index (χ2v) is 14.0. The van der Waals surface area contributed by atoms with Gasteiger partial charge in [0, 0.05) is 32.5 Å². The summed E-state index contributed by atoms with van der Waals surface area (Å²) in [5.41, 5.74) is 1.86. The fourth-order valence-electron chi connectivity index (χ4n) is 5.14. The van der Waals surface area contributed by atoms with Gasteiger partial charge in [0.15, 0.2) is 0 Å². The lowest BCUT2D eigenvalue weighted by atomic mass is 10.0. The molecule has 0 saturated carbocycles. The fourth-order valence-corrected chi connectivity index (χ4v) is 9.24. The minimum atomic E-state index is -1.20. The molecule has 0 radical (unpaired) electrons. The Bertz CT molecular complexity index is 1600. The minimum Gasteiger partial charge on any atom is -0.480 e. The monoisotopic (exact) mass is 605 g/mol. The third kappa shape index (κ3) is 5.66. The van der Waals surface area contributed by atoms with Crippen LogP contribution >= 0.6 is 34.9 Å². The number of carbonyl (C=O) groups excluding carboxylic acids is 2. The van der Waals surface area contributed by atoms with Crippen molar-refractivity contribution in [1.82, 2.24) is 14.8 Å². The fraction of sp³-hybridized carbons (Fsp3) is 0.267. The summed E-state index contributed by atoms with van der Waals surface area (Å²) < 4.78 is 2.92. The van der Waals surface area contributed by atoms with Crippen molar-refractivity contribution in [2.75, 3.05) is 12.3 Å². The minimum absolute atomic E-state index is 0.0865. The summed E-state index contributed by atoms with van der Waals surface area (Å²) in [4.78, 5) is 43.2. The quantitative estimate of drug-likeness (QED) is 0.224. The molecule has 8 nitrogen and oxygen atoms in total. The van der Waals surface area contributed by atoms with E-state index in [0.717, 1.165) is 27.4 Å². The molecular weight excluding hydrogens is 577 g/mol. The number of aryl methyl sites for hydroxylation is 1. The van der Waals surface area contributed by atoms with Crippen molar-refractivity contribution in [3.63, 3.8) is 0 Å². The van der Waals surface area contributed by atoms with E-state index in [4.69, 9.17) is 0 Å². The summed E-state index contributed by atoms with van der Waals surface area (Å²) in [5.74, 6) is -1.07. The summed E-state index contributed by atoms with van der Waals surface area (Å²) in [6, 6.07) is 20.8. The molecule has 4 aromatic rings. The number of nitrogens with zero attached hydrogens (tertiary/aromatic N) is 3.